The molecule has 0 aromatic heterocycles. The van der Waals surface area contributed by atoms with Crippen LogP contribution in [0.25, 0.3) is 6.08 Å². The van der Waals surface area contributed by atoms with Gasteiger partial charge in [-0.25, -0.2) is 4.79 Å². The van der Waals surface area contributed by atoms with Crippen molar-refractivity contribution >= 4 is 27.9 Å². The van der Waals surface area contributed by atoms with E-state index in [1.807, 2.05) is 0 Å². The number of methoxy groups -OCH3 is 1. The van der Waals surface area contributed by atoms with Gasteiger partial charge in [0.2, 0.25) is 0 Å². The Morgan fingerprint density at radius 3 is 2.67 bits per heavy atom. The van der Waals surface area contributed by atoms with Gasteiger partial charge < -0.3 is 4.74 Å². The smallest absolute Gasteiger partial charge is 0.345 e. The molecule has 1 aliphatic rings. The molecule has 1 aromatic rings. The highest BCUT2D eigenvalue weighted by molar-refractivity contribution is 7.85. The number of allylic oxidation sites excluding steroid dienone is 1. The lowest BCUT2D eigenvalue weighted by Crippen LogP contribution is -2.08. The third-order valence-electron chi connectivity index (χ3n) is 3.61. The predicted octanol–water partition coefficient (Wildman–Crippen LogP) is 2.08. The Morgan fingerprint density at radius 2 is 2.08 bits per heavy atom. The summed E-state index contributed by atoms with van der Waals surface area (Å²) < 4.78 is 31.2. The number of benzene rings is 1. The van der Waals surface area contributed by atoms with Crippen LogP contribution in [0.4, 0.5) is 5.69 Å². The molecule has 0 amide bonds. The maximum atomic E-state index is 11.9. The van der Waals surface area contributed by atoms with Gasteiger partial charge in [-0.2, -0.15) is 8.42 Å². The minimum absolute atomic E-state index is 0.0533. The second kappa shape index (κ2) is 7.10. The van der Waals surface area contributed by atoms with E-state index in [2.05, 4.69) is 8.92 Å². The number of hydrogen-bond donors (Lipinski definition) is 0. The summed E-state index contributed by atoms with van der Waals surface area (Å²) >= 11 is 0. The number of rotatable bonds is 7. The summed E-state index contributed by atoms with van der Waals surface area (Å²) in [5.41, 5.74) is 1.91. The van der Waals surface area contributed by atoms with Gasteiger partial charge in [0.25, 0.3) is 15.8 Å². The summed E-state index contributed by atoms with van der Waals surface area (Å²) in [4.78, 5) is 22.5. The molecule has 24 heavy (non-hydrogen) atoms. The normalized spacial score (nSPS) is 13.3. The molecule has 0 spiro atoms. The third kappa shape index (κ3) is 4.18. The molecule has 9 heteroatoms. The largest absolute Gasteiger partial charge is 0.465 e. The van der Waals surface area contributed by atoms with Crippen molar-refractivity contribution in [2.45, 2.75) is 19.3 Å². The second-order valence-electron chi connectivity index (χ2n) is 5.39. The molecule has 2 rings (SSSR count). The van der Waals surface area contributed by atoms with Crippen LogP contribution in [0.5, 0.6) is 0 Å². The Balaban J connectivity index is 2.20. The maximum absolute atomic E-state index is 11.9. The van der Waals surface area contributed by atoms with Gasteiger partial charge in [-0.15, -0.1) is 0 Å². The minimum Gasteiger partial charge on any atom is -0.465 e. The molecule has 0 atom stereocenters. The first kappa shape index (κ1) is 18.1. The van der Waals surface area contributed by atoms with E-state index >= 15 is 0 Å². The van der Waals surface area contributed by atoms with Crippen LogP contribution in [0.15, 0.2) is 17.7 Å². The fourth-order valence-corrected chi connectivity index (χ4v) is 3.03. The van der Waals surface area contributed by atoms with Crippen LogP contribution < -0.4 is 0 Å². The minimum atomic E-state index is -3.47. The van der Waals surface area contributed by atoms with E-state index in [-0.39, 0.29) is 17.9 Å². The quantitative estimate of drug-likeness (QED) is 0.242. The number of ether oxygens (including phenoxy) is 1. The Hall–Kier alpha value is -2.26. The predicted molar refractivity (Wildman–Crippen MR) is 86.1 cm³/mol. The fraction of sp³-hybridized carbons (Fsp3) is 0.400. The van der Waals surface area contributed by atoms with Crippen LogP contribution in [0.2, 0.25) is 0 Å². The Morgan fingerprint density at radius 1 is 1.38 bits per heavy atom. The summed E-state index contributed by atoms with van der Waals surface area (Å²) in [7, 11) is -2.29. The maximum Gasteiger partial charge on any atom is 0.345 e. The van der Waals surface area contributed by atoms with Crippen molar-refractivity contribution in [3.8, 4) is 0 Å². The monoisotopic (exact) mass is 355 g/mol. The van der Waals surface area contributed by atoms with E-state index in [0.717, 1.165) is 17.4 Å². The van der Waals surface area contributed by atoms with Gasteiger partial charge >= 0.3 is 5.97 Å². The average Bonchev–Trinajstić information content (AvgIpc) is 2.91. The van der Waals surface area contributed by atoms with Gasteiger partial charge in [0, 0.05) is 6.07 Å². The molecule has 0 aliphatic heterocycles. The van der Waals surface area contributed by atoms with Crippen molar-refractivity contribution in [3.05, 3.63) is 44.5 Å². The van der Waals surface area contributed by atoms with Crippen LogP contribution in [-0.2, 0) is 25.5 Å². The molecule has 1 aliphatic carbocycles. The number of esters is 1. The van der Waals surface area contributed by atoms with Gasteiger partial charge in [0.1, 0.15) is 5.56 Å². The number of nitro groups is 1. The topological polar surface area (TPSA) is 113 Å². The van der Waals surface area contributed by atoms with Crippen molar-refractivity contribution in [2.24, 2.45) is 0 Å². The first-order chi connectivity index (χ1) is 11.2. The highest BCUT2D eigenvalue weighted by Gasteiger charge is 2.28. The number of carbonyl (C=O) groups is 1. The molecule has 0 heterocycles. The molecule has 1 aromatic carbocycles. The highest BCUT2D eigenvalue weighted by Crippen LogP contribution is 2.35. The first-order valence-corrected chi connectivity index (χ1v) is 8.97. The van der Waals surface area contributed by atoms with E-state index < -0.39 is 21.0 Å². The molecule has 0 radical (unpaired) electrons. The molecule has 0 unspecified atom stereocenters. The van der Waals surface area contributed by atoms with Crippen LogP contribution >= 0.6 is 0 Å². The molecule has 0 saturated carbocycles. The standard InChI is InChI=1S/C15H17NO7S/c1-22-15(17)14-12-9-10(4-3-7-23-24(2,20)21)8-11(12)5-6-13(14)16(18)19/h5-6,9H,3-4,7-8H2,1-2H3. The molecule has 8 nitrogen and oxygen atoms in total. The Kier molecular flexibility index (Phi) is 5.35. The first-order valence-electron chi connectivity index (χ1n) is 7.15. The van der Waals surface area contributed by atoms with Gasteiger partial charge in [-0.3, -0.25) is 14.3 Å². The average molecular weight is 355 g/mol. The van der Waals surface area contributed by atoms with Crippen LogP contribution in [0.1, 0.15) is 34.3 Å². The van der Waals surface area contributed by atoms with Crippen LogP contribution in [-0.4, -0.2) is 39.3 Å². The van der Waals surface area contributed by atoms with Crippen molar-refractivity contribution in [2.75, 3.05) is 20.0 Å². The Labute approximate surface area is 139 Å². The van der Waals surface area contributed by atoms with E-state index in [9.17, 15) is 23.3 Å². The van der Waals surface area contributed by atoms with Crippen LogP contribution in [0, 0.1) is 10.1 Å². The van der Waals surface area contributed by atoms with Crippen molar-refractivity contribution in [1.29, 1.82) is 0 Å². The fourth-order valence-electron chi connectivity index (χ4n) is 2.61. The summed E-state index contributed by atoms with van der Waals surface area (Å²) in [6.07, 6.45) is 4.33. The zero-order valence-corrected chi connectivity index (χ0v) is 14.1. The number of fused-ring (bicyclic) bond motifs is 1. The third-order valence-corrected chi connectivity index (χ3v) is 4.20. The van der Waals surface area contributed by atoms with Gasteiger partial charge in [0.15, 0.2) is 0 Å². The summed E-state index contributed by atoms with van der Waals surface area (Å²) in [6.45, 7) is 0.0660. The molecule has 130 valence electrons. The molecule has 0 bridgehead atoms. The van der Waals surface area contributed by atoms with Gasteiger partial charge in [-0.05, 0) is 30.4 Å². The SMILES string of the molecule is COC(=O)c1c([N+](=O)[O-])ccc2c1C=C(CCCOS(C)(=O)=O)C2. The molecule has 0 saturated heterocycles. The molecular weight excluding hydrogens is 338 g/mol. The van der Waals surface area contributed by atoms with Crippen molar-refractivity contribution in [1.82, 2.24) is 0 Å². The van der Waals surface area contributed by atoms with E-state index in [1.165, 1.54) is 13.2 Å². The van der Waals surface area contributed by atoms with E-state index in [4.69, 9.17) is 0 Å². The lowest BCUT2D eigenvalue weighted by atomic mass is 10.0. The second-order valence-corrected chi connectivity index (χ2v) is 7.03. The van der Waals surface area contributed by atoms with Crippen molar-refractivity contribution < 1.29 is 27.1 Å². The number of nitro benzene ring substituents is 1. The lowest BCUT2D eigenvalue weighted by molar-refractivity contribution is -0.385. The van der Waals surface area contributed by atoms with Crippen molar-refractivity contribution in [3.63, 3.8) is 0 Å². The number of hydrogen-bond acceptors (Lipinski definition) is 7. The molecule has 0 N–H and O–H groups in total. The number of carbonyl (C=O) groups excluding carboxylic acids is 1. The molecule has 0 fully saturated rings. The summed E-state index contributed by atoms with van der Waals surface area (Å²) in [5, 5.41) is 11.1. The summed E-state index contributed by atoms with van der Waals surface area (Å²) in [6, 6.07) is 2.92. The Bertz CT molecular complexity index is 811. The zero-order valence-electron chi connectivity index (χ0n) is 13.3. The van der Waals surface area contributed by atoms with E-state index in [0.29, 0.717) is 24.8 Å². The number of nitrogens with zero attached hydrogens (tertiary/aromatic N) is 1. The lowest BCUT2D eigenvalue weighted by Gasteiger charge is -2.06. The summed E-state index contributed by atoms with van der Waals surface area (Å²) in [5.74, 6) is -0.753. The molecular formula is C15H17NO7S. The van der Waals surface area contributed by atoms with Gasteiger partial charge in [-0.1, -0.05) is 17.7 Å². The zero-order chi connectivity index (χ0) is 17.9. The van der Waals surface area contributed by atoms with E-state index in [1.54, 1.807) is 12.1 Å². The highest BCUT2D eigenvalue weighted by atomic mass is 32.2. The van der Waals surface area contributed by atoms with Gasteiger partial charge in [0.05, 0.1) is 24.9 Å². The van der Waals surface area contributed by atoms with Crippen LogP contribution in [0.3, 0.4) is 0 Å².